The second-order valence-corrected chi connectivity index (χ2v) is 7.82. The molecule has 0 atom stereocenters. The highest BCUT2D eigenvalue weighted by Gasteiger charge is 2.42. The Morgan fingerprint density at radius 2 is 1.50 bits per heavy atom. The lowest BCUT2D eigenvalue weighted by Crippen LogP contribution is -2.50. The van der Waals surface area contributed by atoms with E-state index in [1.165, 1.54) is 34.1 Å². The minimum absolute atomic E-state index is 0.0267. The molecule has 178 valence electrons. The van der Waals surface area contributed by atoms with Crippen LogP contribution in [0.5, 0.6) is 0 Å². The highest BCUT2D eigenvalue weighted by Crippen LogP contribution is 2.34. The number of benzene rings is 2. The Balaban J connectivity index is 1.54. The molecule has 6 nitrogen and oxygen atoms in total. The topological polar surface area (TPSA) is 58.4 Å². The van der Waals surface area contributed by atoms with Crippen molar-refractivity contribution in [3.63, 3.8) is 0 Å². The summed E-state index contributed by atoms with van der Waals surface area (Å²) < 4.78 is 69.9. The summed E-state index contributed by atoms with van der Waals surface area (Å²) in [5, 5.41) is 3.64. The van der Waals surface area contributed by atoms with Crippen LogP contribution in [0.3, 0.4) is 0 Å². The summed E-state index contributed by atoms with van der Waals surface area (Å²) in [4.78, 5) is 28.2. The molecule has 0 N–H and O–H groups in total. The first-order chi connectivity index (χ1) is 16.1. The van der Waals surface area contributed by atoms with E-state index < -0.39 is 46.6 Å². The van der Waals surface area contributed by atoms with Crippen molar-refractivity contribution < 1.29 is 31.5 Å². The van der Waals surface area contributed by atoms with Crippen LogP contribution in [0.1, 0.15) is 32.0 Å². The van der Waals surface area contributed by atoms with E-state index in [4.69, 9.17) is 0 Å². The van der Waals surface area contributed by atoms with Crippen LogP contribution in [0.2, 0.25) is 0 Å². The normalized spacial score (nSPS) is 14.4. The van der Waals surface area contributed by atoms with Gasteiger partial charge in [0.2, 0.25) is 0 Å². The number of rotatable bonds is 3. The number of amides is 2. The van der Waals surface area contributed by atoms with Crippen molar-refractivity contribution in [1.82, 2.24) is 19.6 Å². The molecule has 0 aliphatic carbocycles. The number of halogens is 5. The van der Waals surface area contributed by atoms with E-state index in [1.807, 2.05) is 0 Å². The third-order valence-corrected chi connectivity index (χ3v) is 5.62. The predicted molar refractivity (Wildman–Crippen MR) is 111 cm³/mol. The Bertz CT molecular complexity index is 1250. The van der Waals surface area contributed by atoms with Gasteiger partial charge in [0.15, 0.2) is 5.69 Å². The van der Waals surface area contributed by atoms with Crippen molar-refractivity contribution in [1.29, 1.82) is 0 Å². The fraction of sp³-hybridized carbons (Fsp3) is 0.261. The van der Waals surface area contributed by atoms with Gasteiger partial charge in [0, 0.05) is 31.7 Å². The number of nitrogens with zero attached hydrogens (tertiary/aromatic N) is 4. The number of carbonyl (C=O) groups is 2. The molecule has 2 amide bonds. The number of carbonyl (C=O) groups excluding carboxylic acids is 2. The van der Waals surface area contributed by atoms with Crippen molar-refractivity contribution in [3.05, 3.63) is 82.7 Å². The molecule has 1 fully saturated rings. The van der Waals surface area contributed by atoms with Crippen LogP contribution in [0.15, 0.2) is 48.7 Å². The smallest absolute Gasteiger partial charge is 0.335 e. The summed E-state index contributed by atoms with van der Waals surface area (Å²) >= 11 is 0. The molecule has 1 aliphatic rings. The van der Waals surface area contributed by atoms with E-state index in [-0.39, 0.29) is 31.7 Å². The second-order valence-electron chi connectivity index (χ2n) is 7.82. The first kappa shape index (κ1) is 23.4. The van der Waals surface area contributed by atoms with Gasteiger partial charge >= 0.3 is 6.18 Å². The lowest BCUT2D eigenvalue weighted by molar-refractivity contribution is -0.143. The average Bonchev–Trinajstić information content (AvgIpc) is 3.26. The van der Waals surface area contributed by atoms with E-state index in [9.17, 15) is 31.5 Å². The van der Waals surface area contributed by atoms with Gasteiger partial charge in [-0.2, -0.15) is 18.3 Å². The van der Waals surface area contributed by atoms with E-state index in [1.54, 1.807) is 6.92 Å². The van der Waals surface area contributed by atoms with E-state index in [0.717, 1.165) is 24.4 Å². The zero-order valence-electron chi connectivity index (χ0n) is 17.9. The predicted octanol–water partition coefficient (Wildman–Crippen LogP) is 4.08. The molecular weight excluding hydrogens is 459 g/mol. The molecule has 0 radical (unpaired) electrons. The average molecular weight is 478 g/mol. The number of hydrogen-bond donors (Lipinski definition) is 0. The van der Waals surface area contributed by atoms with Gasteiger partial charge in [-0.3, -0.25) is 9.59 Å². The molecule has 4 rings (SSSR count). The van der Waals surface area contributed by atoms with Crippen LogP contribution in [0.4, 0.5) is 22.0 Å². The SMILES string of the molecule is Cc1ccc(C(=O)N2CCN(C(=O)c3cnn(-c4ccccc4F)c3C(F)(F)F)CC2)cc1F. The third-order valence-electron chi connectivity index (χ3n) is 5.62. The molecule has 1 aromatic heterocycles. The first-order valence-corrected chi connectivity index (χ1v) is 10.3. The standard InChI is InChI=1S/C23H19F5N4O2/c1-14-6-7-15(12-18(14)25)21(33)30-8-10-31(11-9-30)22(34)16-13-29-32(20(16)23(26,27)28)19-5-3-2-4-17(19)24/h2-7,12-13H,8-11H2,1H3. The largest absolute Gasteiger partial charge is 0.434 e. The molecule has 2 heterocycles. The van der Waals surface area contributed by atoms with Crippen molar-refractivity contribution in [2.24, 2.45) is 0 Å². The van der Waals surface area contributed by atoms with Crippen LogP contribution < -0.4 is 0 Å². The quantitative estimate of drug-likeness (QED) is 0.534. The zero-order chi connectivity index (χ0) is 24.6. The Kier molecular flexibility index (Phi) is 6.11. The summed E-state index contributed by atoms with van der Waals surface area (Å²) in [7, 11) is 0. The molecule has 1 aliphatic heterocycles. The van der Waals surface area contributed by atoms with Crippen LogP contribution >= 0.6 is 0 Å². The Morgan fingerprint density at radius 3 is 2.09 bits per heavy atom. The molecular formula is C23H19F5N4O2. The summed E-state index contributed by atoms with van der Waals surface area (Å²) in [6, 6.07) is 8.91. The van der Waals surface area contributed by atoms with E-state index in [2.05, 4.69) is 5.10 Å². The lowest BCUT2D eigenvalue weighted by Gasteiger charge is -2.35. The molecule has 34 heavy (non-hydrogen) atoms. The number of piperazine rings is 1. The Hall–Kier alpha value is -3.76. The van der Waals surface area contributed by atoms with Gasteiger partial charge in [-0.15, -0.1) is 0 Å². The fourth-order valence-electron chi connectivity index (χ4n) is 3.78. The van der Waals surface area contributed by atoms with Crippen LogP contribution in [-0.2, 0) is 6.18 Å². The molecule has 3 aromatic rings. The molecule has 2 aromatic carbocycles. The van der Waals surface area contributed by atoms with Crippen molar-refractivity contribution in [2.75, 3.05) is 26.2 Å². The van der Waals surface area contributed by atoms with Crippen LogP contribution in [-0.4, -0.2) is 57.6 Å². The van der Waals surface area contributed by atoms with E-state index >= 15 is 0 Å². The van der Waals surface area contributed by atoms with Gasteiger partial charge in [0.25, 0.3) is 11.8 Å². The van der Waals surface area contributed by atoms with Crippen LogP contribution in [0, 0.1) is 18.6 Å². The minimum atomic E-state index is -4.98. The minimum Gasteiger partial charge on any atom is -0.335 e. The number of alkyl halides is 3. The molecule has 0 unspecified atom stereocenters. The van der Waals surface area contributed by atoms with Gasteiger partial charge < -0.3 is 9.80 Å². The molecule has 0 spiro atoms. The highest BCUT2D eigenvalue weighted by atomic mass is 19.4. The molecule has 1 saturated heterocycles. The number of aromatic nitrogens is 2. The highest BCUT2D eigenvalue weighted by molar-refractivity contribution is 5.96. The first-order valence-electron chi connectivity index (χ1n) is 10.3. The van der Waals surface area contributed by atoms with Gasteiger partial charge in [0.05, 0.1) is 11.8 Å². The Morgan fingerprint density at radius 1 is 0.882 bits per heavy atom. The number of aryl methyl sites for hydroxylation is 1. The molecule has 0 saturated carbocycles. The molecule has 0 bridgehead atoms. The maximum Gasteiger partial charge on any atom is 0.434 e. The lowest BCUT2D eigenvalue weighted by atomic mass is 10.1. The summed E-state index contributed by atoms with van der Waals surface area (Å²) in [6.45, 7) is 1.63. The monoisotopic (exact) mass is 478 g/mol. The number of hydrogen-bond acceptors (Lipinski definition) is 3. The van der Waals surface area contributed by atoms with E-state index in [0.29, 0.717) is 10.2 Å². The van der Waals surface area contributed by atoms with Crippen molar-refractivity contribution in [2.45, 2.75) is 13.1 Å². The second kappa shape index (κ2) is 8.88. The summed E-state index contributed by atoms with van der Waals surface area (Å²) in [5.74, 6) is -2.81. The maximum absolute atomic E-state index is 14.1. The van der Waals surface area contributed by atoms with Crippen molar-refractivity contribution >= 4 is 11.8 Å². The Labute approximate surface area is 191 Å². The summed E-state index contributed by atoms with van der Waals surface area (Å²) in [6.07, 6.45) is -4.21. The van der Waals surface area contributed by atoms with Gasteiger partial charge in [0.1, 0.15) is 17.3 Å². The summed E-state index contributed by atoms with van der Waals surface area (Å²) in [5.41, 5.74) is -1.99. The van der Waals surface area contributed by atoms with Gasteiger partial charge in [-0.25, -0.2) is 13.5 Å². The molecule has 11 heteroatoms. The van der Waals surface area contributed by atoms with Crippen LogP contribution in [0.25, 0.3) is 5.69 Å². The zero-order valence-corrected chi connectivity index (χ0v) is 17.9. The van der Waals surface area contributed by atoms with Crippen molar-refractivity contribution in [3.8, 4) is 5.69 Å². The van der Waals surface area contributed by atoms with Gasteiger partial charge in [-0.1, -0.05) is 18.2 Å². The number of para-hydroxylation sites is 1. The van der Waals surface area contributed by atoms with Gasteiger partial charge in [-0.05, 0) is 36.8 Å². The fourth-order valence-corrected chi connectivity index (χ4v) is 3.78. The third kappa shape index (κ3) is 4.37. The maximum atomic E-state index is 14.1.